The third-order valence-corrected chi connectivity index (χ3v) is 2.66. The molecule has 17 heavy (non-hydrogen) atoms. The zero-order valence-electron chi connectivity index (χ0n) is 9.83. The molecule has 1 N–H and O–H groups in total. The number of carbonyl (C=O) groups excluding carboxylic acids is 1. The summed E-state index contributed by atoms with van der Waals surface area (Å²) in [5.74, 6) is -0.0338. The zero-order valence-corrected chi connectivity index (χ0v) is 11.4. The van der Waals surface area contributed by atoms with Gasteiger partial charge in [0.05, 0.1) is 18.2 Å². The Morgan fingerprint density at radius 1 is 1.53 bits per heavy atom. The summed E-state index contributed by atoms with van der Waals surface area (Å²) in [6.07, 6.45) is 0. The number of nitriles is 1. The Morgan fingerprint density at radius 3 is 2.82 bits per heavy atom. The molecule has 0 spiro atoms. The maximum Gasteiger partial charge on any atom is 0.239 e. The van der Waals surface area contributed by atoms with E-state index in [1.807, 2.05) is 20.0 Å². The molecule has 1 amide bonds. The first kappa shape index (κ1) is 13.5. The average Bonchev–Trinajstić information content (AvgIpc) is 2.28. The highest BCUT2D eigenvalue weighted by molar-refractivity contribution is 9.10. The quantitative estimate of drug-likeness (QED) is 0.923. The molecule has 0 radical (unpaired) electrons. The van der Waals surface area contributed by atoms with E-state index in [-0.39, 0.29) is 12.5 Å². The summed E-state index contributed by atoms with van der Waals surface area (Å²) in [5, 5.41) is 11.6. The van der Waals surface area contributed by atoms with E-state index < -0.39 is 0 Å². The molecule has 0 aliphatic heterocycles. The van der Waals surface area contributed by atoms with Gasteiger partial charge in [-0.3, -0.25) is 4.79 Å². The Labute approximate surface area is 109 Å². The van der Waals surface area contributed by atoms with Crippen LogP contribution in [0.4, 0.5) is 5.69 Å². The largest absolute Gasteiger partial charge is 0.365 e. The lowest BCUT2D eigenvalue weighted by molar-refractivity contribution is -0.119. The normalized spacial score (nSPS) is 9.53. The van der Waals surface area contributed by atoms with Gasteiger partial charge in [-0.15, -0.1) is 0 Å². The molecule has 1 aromatic carbocycles. The summed E-state index contributed by atoms with van der Waals surface area (Å²) in [6, 6.07) is 7.45. The number of halogens is 1. The lowest BCUT2D eigenvalue weighted by Gasteiger charge is -2.19. The van der Waals surface area contributed by atoms with Crippen LogP contribution < -0.4 is 10.2 Å². The Kier molecular flexibility index (Phi) is 4.98. The number of hydrogen-bond donors (Lipinski definition) is 1. The maximum atomic E-state index is 11.4. The van der Waals surface area contributed by atoms with E-state index in [2.05, 4.69) is 27.3 Å². The number of nitrogens with zero attached hydrogens (tertiary/aromatic N) is 2. The van der Waals surface area contributed by atoms with Gasteiger partial charge in [0.1, 0.15) is 0 Å². The van der Waals surface area contributed by atoms with Crippen molar-refractivity contribution in [1.29, 1.82) is 5.26 Å². The van der Waals surface area contributed by atoms with Crippen LogP contribution >= 0.6 is 15.9 Å². The molecule has 0 aliphatic carbocycles. The Morgan fingerprint density at radius 2 is 2.24 bits per heavy atom. The highest BCUT2D eigenvalue weighted by atomic mass is 79.9. The minimum absolute atomic E-state index is 0.0338. The highest BCUT2D eigenvalue weighted by Gasteiger charge is 2.08. The Hall–Kier alpha value is -1.54. The van der Waals surface area contributed by atoms with Crippen molar-refractivity contribution < 1.29 is 4.79 Å². The summed E-state index contributed by atoms with van der Waals surface area (Å²) < 4.78 is 0.828. The highest BCUT2D eigenvalue weighted by Crippen LogP contribution is 2.21. The number of nitrogens with one attached hydrogen (secondary N) is 1. The molecule has 5 heteroatoms. The van der Waals surface area contributed by atoms with E-state index in [4.69, 9.17) is 5.26 Å². The average molecular weight is 296 g/mol. The monoisotopic (exact) mass is 295 g/mol. The van der Waals surface area contributed by atoms with E-state index in [0.29, 0.717) is 12.1 Å². The van der Waals surface area contributed by atoms with Gasteiger partial charge in [0.15, 0.2) is 0 Å². The maximum absolute atomic E-state index is 11.4. The zero-order chi connectivity index (χ0) is 12.8. The summed E-state index contributed by atoms with van der Waals surface area (Å²) in [7, 11) is 1.82. The molecule has 0 atom stereocenters. The van der Waals surface area contributed by atoms with E-state index in [0.717, 1.165) is 10.2 Å². The topological polar surface area (TPSA) is 56.1 Å². The molecule has 0 unspecified atom stereocenters. The van der Waals surface area contributed by atoms with E-state index in [1.165, 1.54) is 0 Å². The summed E-state index contributed by atoms with van der Waals surface area (Å²) in [5.41, 5.74) is 1.40. The molecule has 90 valence electrons. The van der Waals surface area contributed by atoms with E-state index in [9.17, 15) is 4.79 Å². The fourth-order valence-corrected chi connectivity index (χ4v) is 1.90. The number of anilines is 1. The van der Waals surface area contributed by atoms with Crippen LogP contribution in [0.5, 0.6) is 0 Å². The lowest BCUT2D eigenvalue weighted by Crippen LogP contribution is -2.34. The molecule has 0 saturated heterocycles. The number of amides is 1. The predicted molar refractivity (Wildman–Crippen MR) is 70.8 cm³/mol. The van der Waals surface area contributed by atoms with Crippen LogP contribution in [0.25, 0.3) is 0 Å². The van der Waals surface area contributed by atoms with Crippen LogP contribution in [0.2, 0.25) is 0 Å². The predicted octanol–water partition coefficient (Wildman–Crippen LogP) is 1.89. The van der Waals surface area contributed by atoms with Crippen LogP contribution in [-0.4, -0.2) is 26.0 Å². The van der Waals surface area contributed by atoms with Crippen molar-refractivity contribution in [1.82, 2.24) is 5.32 Å². The minimum atomic E-state index is -0.0338. The second-order valence-corrected chi connectivity index (χ2v) is 4.54. The number of rotatable bonds is 4. The van der Waals surface area contributed by atoms with Crippen molar-refractivity contribution in [2.24, 2.45) is 0 Å². The van der Waals surface area contributed by atoms with Gasteiger partial charge in [-0.2, -0.15) is 5.26 Å². The third kappa shape index (κ3) is 4.08. The first-order chi connectivity index (χ1) is 8.06. The second-order valence-electron chi connectivity index (χ2n) is 3.62. The van der Waals surface area contributed by atoms with Gasteiger partial charge in [0.2, 0.25) is 5.91 Å². The van der Waals surface area contributed by atoms with Gasteiger partial charge < -0.3 is 10.2 Å². The molecule has 0 bridgehead atoms. The number of carbonyl (C=O) groups is 1. The van der Waals surface area contributed by atoms with Crippen molar-refractivity contribution in [3.8, 4) is 6.07 Å². The first-order valence-electron chi connectivity index (χ1n) is 5.25. The molecule has 0 fully saturated rings. The van der Waals surface area contributed by atoms with Crippen LogP contribution in [0.1, 0.15) is 12.5 Å². The van der Waals surface area contributed by atoms with Gasteiger partial charge in [-0.1, -0.05) is 15.9 Å². The number of benzene rings is 1. The fraction of sp³-hybridized carbons (Fsp3) is 0.333. The van der Waals surface area contributed by atoms with E-state index >= 15 is 0 Å². The van der Waals surface area contributed by atoms with Gasteiger partial charge >= 0.3 is 0 Å². The van der Waals surface area contributed by atoms with Crippen molar-refractivity contribution in [2.45, 2.75) is 6.92 Å². The second kappa shape index (κ2) is 6.26. The van der Waals surface area contributed by atoms with Crippen LogP contribution in [-0.2, 0) is 4.79 Å². The van der Waals surface area contributed by atoms with Crippen molar-refractivity contribution in [3.05, 3.63) is 28.2 Å². The molecule has 0 aliphatic rings. The van der Waals surface area contributed by atoms with Crippen molar-refractivity contribution in [3.63, 3.8) is 0 Å². The van der Waals surface area contributed by atoms with Crippen LogP contribution in [0.15, 0.2) is 22.7 Å². The molecule has 4 nitrogen and oxygen atoms in total. The SMILES string of the molecule is CCNC(=O)CN(C)c1cc(Br)cc(C#N)c1. The molecular weight excluding hydrogens is 282 g/mol. The summed E-state index contributed by atoms with van der Waals surface area (Å²) in [6.45, 7) is 2.77. The summed E-state index contributed by atoms with van der Waals surface area (Å²) in [4.78, 5) is 13.2. The van der Waals surface area contributed by atoms with Crippen molar-refractivity contribution >= 4 is 27.5 Å². The Balaban J connectivity index is 2.82. The molecule has 1 aromatic rings. The molecule has 1 rings (SSSR count). The summed E-state index contributed by atoms with van der Waals surface area (Å²) >= 11 is 3.34. The lowest BCUT2D eigenvalue weighted by atomic mass is 10.2. The van der Waals surface area contributed by atoms with Crippen LogP contribution in [0, 0.1) is 11.3 Å². The molecular formula is C12H14BrN3O. The first-order valence-corrected chi connectivity index (χ1v) is 6.04. The number of hydrogen-bond acceptors (Lipinski definition) is 3. The minimum Gasteiger partial charge on any atom is -0.365 e. The number of likely N-dealkylation sites (N-methyl/N-ethyl adjacent to an activating group) is 2. The fourth-order valence-electron chi connectivity index (χ4n) is 1.42. The van der Waals surface area contributed by atoms with Crippen LogP contribution in [0.3, 0.4) is 0 Å². The standard InChI is InChI=1S/C12H14BrN3O/c1-3-15-12(17)8-16(2)11-5-9(7-14)4-10(13)6-11/h4-6H,3,8H2,1-2H3,(H,15,17). The van der Waals surface area contributed by atoms with Gasteiger partial charge in [0.25, 0.3) is 0 Å². The smallest absolute Gasteiger partial charge is 0.239 e. The molecule has 0 saturated carbocycles. The molecule has 0 aromatic heterocycles. The van der Waals surface area contributed by atoms with Gasteiger partial charge in [0, 0.05) is 23.8 Å². The van der Waals surface area contributed by atoms with E-state index in [1.54, 1.807) is 17.0 Å². The van der Waals surface area contributed by atoms with Gasteiger partial charge in [-0.25, -0.2) is 0 Å². The van der Waals surface area contributed by atoms with Gasteiger partial charge in [-0.05, 0) is 25.1 Å². The molecule has 0 heterocycles. The third-order valence-electron chi connectivity index (χ3n) is 2.21. The van der Waals surface area contributed by atoms with Crippen molar-refractivity contribution in [2.75, 3.05) is 25.0 Å². The Bertz CT molecular complexity index is 454.